The van der Waals surface area contributed by atoms with Gasteiger partial charge >= 0.3 is 0 Å². The van der Waals surface area contributed by atoms with Crippen LogP contribution in [0, 0.1) is 5.92 Å². The lowest BCUT2D eigenvalue weighted by molar-refractivity contribution is -0.287. The lowest BCUT2D eigenvalue weighted by Crippen LogP contribution is -2.59. The highest BCUT2D eigenvalue weighted by Crippen LogP contribution is 2.44. The Morgan fingerprint density at radius 1 is 1.33 bits per heavy atom. The molecular formula is C14H21F2NO4. The molecule has 21 heavy (non-hydrogen) atoms. The number of rotatable bonds is 4. The van der Waals surface area contributed by atoms with Gasteiger partial charge in [0.25, 0.3) is 0 Å². The van der Waals surface area contributed by atoms with Gasteiger partial charge in [-0.15, -0.1) is 0 Å². The van der Waals surface area contributed by atoms with Crippen LogP contribution in [0.1, 0.15) is 19.9 Å². The predicted octanol–water partition coefficient (Wildman–Crippen LogP) is 0.802. The van der Waals surface area contributed by atoms with Gasteiger partial charge in [-0.25, -0.2) is 8.78 Å². The van der Waals surface area contributed by atoms with Crippen molar-refractivity contribution in [2.75, 3.05) is 6.61 Å². The molecule has 7 atom stereocenters. The van der Waals surface area contributed by atoms with Crippen LogP contribution in [0.3, 0.4) is 0 Å². The van der Waals surface area contributed by atoms with Crippen molar-refractivity contribution in [1.82, 2.24) is 4.57 Å². The molecule has 0 saturated carbocycles. The number of hydrogen-bond acceptors (Lipinski definition) is 4. The lowest BCUT2D eigenvalue weighted by Gasteiger charge is -2.47. The smallest absolute Gasteiger partial charge is 0.240 e. The van der Waals surface area contributed by atoms with Crippen molar-refractivity contribution in [1.29, 1.82) is 0 Å². The van der Waals surface area contributed by atoms with Gasteiger partial charge < -0.3 is 24.6 Å². The van der Waals surface area contributed by atoms with Crippen molar-refractivity contribution < 1.29 is 28.8 Å². The molecule has 1 saturated heterocycles. The number of ether oxygens (including phenoxy) is 1. The topological polar surface area (TPSA) is 74.8 Å². The highest BCUT2D eigenvalue weighted by molar-refractivity contribution is 5.03. The second-order valence-electron chi connectivity index (χ2n) is 5.69. The largest absolute Gasteiger partial charge is 0.394 e. The lowest BCUT2D eigenvalue weighted by atomic mass is 9.82. The standard InChI is InChI=1S/C14H21F2NO4/c1-8-10(17-5-3-4-6-17)13(15)14(2,16)21-12(8)11(20)9(19)7-18/h3-6,8-13,18-20H,7H2,1-2H3/t8-,9-,10-,11-,12-,13?,14?/m1/s1. The molecule has 5 nitrogen and oxygen atoms in total. The minimum Gasteiger partial charge on any atom is -0.394 e. The van der Waals surface area contributed by atoms with Crippen LogP contribution in [0.25, 0.3) is 0 Å². The van der Waals surface area contributed by atoms with Crippen LogP contribution < -0.4 is 0 Å². The number of aliphatic hydroxyl groups is 3. The van der Waals surface area contributed by atoms with E-state index in [-0.39, 0.29) is 0 Å². The molecule has 120 valence electrons. The van der Waals surface area contributed by atoms with Gasteiger partial charge in [0, 0.05) is 18.3 Å². The van der Waals surface area contributed by atoms with Crippen LogP contribution in [0.5, 0.6) is 0 Å². The second-order valence-corrected chi connectivity index (χ2v) is 5.69. The number of aromatic nitrogens is 1. The highest BCUT2D eigenvalue weighted by Gasteiger charge is 2.54. The molecule has 3 N–H and O–H groups in total. The Kier molecular flexibility index (Phi) is 4.67. The monoisotopic (exact) mass is 305 g/mol. The molecule has 7 heteroatoms. The van der Waals surface area contributed by atoms with Crippen molar-refractivity contribution in [2.45, 2.75) is 50.2 Å². The van der Waals surface area contributed by atoms with Crippen molar-refractivity contribution in [2.24, 2.45) is 5.92 Å². The van der Waals surface area contributed by atoms with Crippen LogP contribution in [0.2, 0.25) is 0 Å². The minimum atomic E-state index is -2.59. The van der Waals surface area contributed by atoms with Crippen molar-refractivity contribution in [3.05, 3.63) is 24.5 Å². The molecule has 0 spiro atoms. The van der Waals surface area contributed by atoms with Gasteiger partial charge in [-0.05, 0) is 19.1 Å². The summed E-state index contributed by atoms with van der Waals surface area (Å²) in [6.45, 7) is 1.89. The quantitative estimate of drug-likeness (QED) is 0.769. The van der Waals surface area contributed by atoms with Crippen LogP contribution in [0.15, 0.2) is 24.5 Å². The number of halogens is 2. The molecule has 0 radical (unpaired) electrons. The van der Waals surface area contributed by atoms with Crippen LogP contribution in [0.4, 0.5) is 8.78 Å². The molecule has 1 aromatic heterocycles. The maximum absolute atomic E-state index is 14.4. The van der Waals surface area contributed by atoms with E-state index in [1.54, 1.807) is 31.5 Å². The summed E-state index contributed by atoms with van der Waals surface area (Å²) in [5, 5.41) is 28.5. The molecule has 0 aliphatic carbocycles. The Morgan fingerprint density at radius 2 is 1.90 bits per heavy atom. The van der Waals surface area contributed by atoms with Crippen molar-refractivity contribution >= 4 is 0 Å². The van der Waals surface area contributed by atoms with E-state index in [9.17, 15) is 19.0 Å². The number of aliphatic hydroxyl groups excluding tert-OH is 3. The highest BCUT2D eigenvalue weighted by atomic mass is 19.2. The van der Waals surface area contributed by atoms with Gasteiger partial charge in [-0.3, -0.25) is 0 Å². The van der Waals surface area contributed by atoms with Gasteiger partial charge in [0.1, 0.15) is 12.2 Å². The Bertz CT molecular complexity index is 454. The van der Waals surface area contributed by atoms with E-state index in [0.717, 1.165) is 6.92 Å². The second kappa shape index (κ2) is 6.00. The fraction of sp³-hybridized carbons (Fsp3) is 0.714. The fourth-order valence-electron chi connectivity index (χ4n) is 2.88. The van der Waals surface area contributed by atoms with Crippen LogP contribution in [-0.2, 0) is 4.74 Å². The Morgan fingerprint density at radius 3 is 2.43 bits per heavy atom. The third kappa shape index (κ3) is 2.96. The van der Waals surface area contributed by atoms with Crippen LogP contribution in [-0.4, -0.2) is 56.8 Å². The number of nitrogens with zero attached hydrogens (tertiary/aromatic N) is 1. The summed E-state index contributed by atoms with van der Waals surface area (Å²) >= 11 is 0. The first-order chi connectivity index (χ1) is 9.79. The minimum absolute atomic E-state index is 0.604. The van der Waals surface area contributed by atoms with E-state index < -0.39 is 48.9 Å². The van der Waals surface area contributed by atoms with E-state index in [4.69, 9.17) is 9.84 Å². The Balaban J connectivity index is 2.32. The summed E-state index contributed by atoms with van der Waals surface area (Å²) in [6.07, 6.45) is -2.82. The van der Waals surface area contributed by atoms with E-state index >= 15 is 0 Å². The fourth-order valence-corrected chi connectivity index (χ4v) is 2.88. The summed E-state index contributed by atoms with van der Waals surface area (Å²) in [5.41, 5.74) is 0. The van der Waals surface area contributed by atoms with E-state index in [1.807, 2.05) is 0 Å². The molecular weight excluding hydrogens is 284 g/mol. The maximum atomic E-state index is 14.4. The molecule has 1 aromatic rings. The van der Waals surface area contributed by atoms with Gasteiger partial charge in [0.15, 0.2) is 6.17 Å². The molecule has 1 aliphatic heterocycles. The van der Waals surface area contributed by atoms with Gasteiger partial charge in [0.2, 0.25) is 5.85 Å². The summed E-state index contributed by atoms with van der Waals surface area (Å²) in [4.78, 5) is 0. The number of alkyl halides is 2. The zero-order valence-electron chi connectivity index (χ0n) is 11.9. The predicted molar refractivity (Wildman–Crippen MR) is 71.0 cm³/mol. The van der Waals surface area contributed by atoms with Gasteiger partial charge in [0.05, 0.1) is 18.8 Å². The maximum Gasteiger partial charge on any atom is 0.240 e. The normalized spacial score (nSPS) is 40.0. The Hall–Kier alpha value is -1.02. The Labute approximate surface area is 121 Å². The zero-order valence-corrected chi connectivity index (χ0v) is 11.9. The van der Waals surface area contributed by atoms with Crippen LogP contribution >= 0.6 is 0 Å². The van der Waals surface area contributed by atoms with Crippen molar-refractivity contribution in [3.8, 4) is 0 Å². The van der Waals surface area contributed by atoms with E-state index in [1.165, 1.54) is 4.57 Å². The van der Waals surface area contributed by atoms with Gasteiger partial charge in [-0.1, -0.05) is 6.92 Å². The first-order valence-electron chi connectivity index (χ1n) is 6.90. The first kappa shape index (κ1) is 16.4. The summed E-state index contributed by atoms with van der Waals surface area (Å²) in [6, 6.07) is 2.51. The third-order valence-electron chi connectivity index (χ3n) is 4.11. The average molecular weight is 305 g/mol. The SMILES string of the molecule is C[C@H]1[C@H]([C@H](O)[C@H](O)CO)OC(C)(F)C(F)[C@@H]1n1cccc1. The van der Waals surface area contributed by atoms with Crippen molar-refractivity contribution in [3.63, 3.8) is 0 Å². The molecule has 0 amide bonds. The first-order valence-corrected chi connectivity index (χ1v) is 6.90. The molecule has 1 aliphatic rings. The third-order valence-corrected chi connectivity index (χ3v) is 4.11. The molecule has 0 bridgehead atoms. The summed E-state index contributed by atoms with van der Waals surface area (Å²) in [7, 11) is 0. The van der Waals surface area contributed by atoms with E-state index in [0.29, 0.717) is 0 Å². The average Bonchev–Trinajstić information content (AvgIpc) is 2.95. The number of hydrogen-bond donors (Lipinski definition) is 3. The summed E-state index contributed by atoms with van der Waals surface area (Å²) < 4.78 is 35.4. The van der Waals surface area contributed by atoms with E-state index in [2.05, 4.69) is 0 Å². The zero-order chi connectivity index (χ0) is 15.8. The molecule has 2 unspecified atom stereocenters. The summed E-state index contributed by atoms with van der Waals surface area (Å²) in [5.74, 6) is -3.20. The van der Waals surface area contributed by atoms with Gasteiger partial charge in [-0.2, -0.15) is 0 Å². The molecule has 0 aromatic carbocycles. The molecule has 1 fully saturated rings. The molecule has 2 heterocycles. The molecule has 2 rings (SSSR count).